The van der Waals surface area contributed by atoms with E-state index >= 15 is 0 Å². The molecule has 2 heterocycles. The van der Waals surface area contributed by atoms with Gasteiger partial charge in [-0.1, -0.05) is 0 Å². The van der Waals surface area contributed by atoms with Crippen molar-refractivity contribution in [2.45, 2.75) is 0 Å². The van der Waals surface area contributed by atoms with E-state index in [0.29, 0.717) is 28.7 Å². The van der Waals surface area contributed by atoms with Crippen LogP contribution in [0, 0.1) is 10.1 Å². The van der Waals surface area contributed by atoms with E-state index in [4.69, 9.17) is 4.74 Å². The third kappa shape index (κ3) is 3.10. The van der Waals surface area contributed by atoms with Gasteiger partial charge in [-0.25, -0.2) is 4.98 Å². The molecule has 0 amide bonds. The van der Waals surface area contributed by atoms with Crippen LogP contribution in [0.15, 0.2) is 48.9 Å². The maximum atomic E-state index is 11.1. The number of ether oxygens (including phenoxy) is 1. The van der Waals surface area contributed by atoms with Crippen molar-refractivity contribution in [3.63, 3.8) is 0 Å². The molecule has 2 aromatic heterocycles. The van der Waals surface area contributed by atoms with E-state index in [2.05, 4.69) is 20.3 Å². The lowest BCUT2D eigenvalue weighted by Crippen LogP contribution is -1.97. The highest BCUT2D eigenvalue weighted by Gasteiger charge is 2.14. The molecule has 3 aromatic rings. The van der Waals surface area contributed by atoms with Gasteiger partial charge in [0.2, 0.25) is 0 Å². The maximum absolute atomic E-state index is 11.1. The van der Waals surface area contributed by atoms with E-state index in [9.17, 15) is 10.1 Å². The first-order chi connectivity index (χ1) is 11.2. The van der Waals surface area contributed by atoms with Crippen LogP contribution in [0.25, 0.3) is 11.5 Å². The number of hydrogen-bond donors (Lipinski definition) is 2. The van der Waals surface area contributed by atoms with Crippen molar-refractivity contribution < 1.29 is 9.66 Å². The highest BCUT2D eigenvalue weighted by Crippen LogP contribution is 2.31. The molecular formula is C15H13N5O3. The predicted molar refractivity (Wildman–Crippen MR) is 84.5 cm³/mol. The zero-order valence-electron chi connectivity index (χ0n) is 12.2. The quantitative estimate of drug-likeness (QED) is 0.553. The fourth-order valence-electron chi connectivity index (χ4n) is 2.08. The van der Waals surface area contributed by atoms with Gasteiger partial charge in [-0.15, -0.1) is 0 Å². The Bertz CT molecular complexity index is 833. The van der Waals surface area contributed by atoms with Crippen LogP contribution >= 0.6 is 0 Å². The van der Waals surface area contributed by atoms with Gasteiger partial charge in [-0.2, -0.15) is 0 Å². The number of aromatic nitrogens is 3. The number of nitro benzene ring substituents is 1. The number of aromatic amines is 1. The molecule has 1 aromatic carbocycles. The Hall–Kier alpha value is -3.42. The Kier molecular flexibility index (Phi) is 3.88. The SMILES string of the molecule is CNc1ccc(Oc2ccnc(-c3ncc[nH]3)c2)cc1[N+](=O)[O-]. The van der Waals surface area contributed by atoms with Gasteiger partial charge in [0.15, 0.2) is 5.82 Å². The number of H-pyrrole nitrogens is 1. The Balaban J connectivity index is 1.89. The third-order valence-electron chi connectivity index (χ3n) is 3.14. The highest BCUT2D eigenvalue weighted by molar-refractivity contribution is 5.64. The van der Waals surface area contributed by atoms with Crippen molar-refractivity contribution in [3.8, 4) is 23.0 Å². The molecule has 0 aliphatic rings. The maximum Gasteiger partial charge on any atom is 0.296 e. The largest absolute Gasteiger partial charge is 0.457 e. The minimum atomic E-state index is -0.459. The van der Waals surface area contributed by atoms with Crippen LogP contribution in [0.5, 0.6) is 11.5 Å². The van der Waals surface area contributed by atoms with Crippen LogP contribution in [0.4, 0.5) is 11.4 Å². The van der Waals surface area contributed by atoms with Gasteiger partial charge in [0, 0.05) is 31.7 Å². The number of pyridine rings is 1. The second kappa shape index (κ2) is 6.14. The topological polar surface area (TPSA) is 106 Å². The second-order valence-electron chi connectivity index (χ2n) is 4.60. The molecule has 3 rings (SSSR count). The molecule has 0 aliphatic carbocycles. The molecule has 0 atom stereocenters. The van der Waals surface area contributed by atoms with E-state index in [-0.39, 0.29) is 5.69 Å². The fourth-order valence-corrected chi connectivity index (χ4v) is 2.08. The number of benzene rings is 1. The molecule has 116 valence electrons. The monoisotopic (exact) mass is 311 g/mol. The molecule has 23 heavy (non-hydrogen) atoms. The minimum Gasteiger partial charge on any atom is -0.457 e. The first-order valence-corrected chi connectivity index (χ1v) is 6.77. The van der Waals surface area contributed by atoms with Gasteiger partial charge in [0.25, 0.3) is 5.69 Å². The number of nitrogens with zero attached hydrogens (tertiary/aromatic N) is 3. The molecule has 0 aliphatic heterocycles. The Labute approximate surface area is 131 Å². The zero-order valence-corrected chi connectivity index (χ0v) is 12.2. The lowest BCUT2D eigenvalue weighted by molar-refractivity contribution is -0.384. The first-order valence-electron chi connectivity index (χ1n) is 6.77. The number of rotatable bonds is 5. The average Bonchev–Trinajstić information content (AvgIpc) is 3.09. The van der Waals surface area contributed by atoms with Crippen molar-refractivity contribution in [2.24, 2.45) is 0 Å². The summed E-state index contributed by atoms with van der Waals surface area (Å²) in [4.78, 5) is 21.9. The van der Waals surface area contributed by atoms with Crippen LogP contribution in [0.1, 0.15) is 0 Å². The molecule has 8 nitrogen and oxygen atoms in total. The van der Waals surface area contributed by atoms with Gasteiger partial charge in [0.1, 0.15) is 22.9 Å². The van der Waals surface area contributed by atoms with Crippen molar-refractivity contribution in [3.05, 3.63) is 59.0 Å². The van der Waals surface area contributed by atoms with E-state index in [1.165, 1.54) is 6.07 Å². The summed E-state index contributed by atoms with van der Waals surface area (Å²) in [6.45, 7) is 0. The standard InChI is InChI=1S/C15H13N5O3/c1-16-12-3-2-10(9-14(12)20(21)22)23-11-4-5-17-13(8-11)15-18-6-7-19-15/h2-9,16H,1H3,(H,18,19). The van der Waals surface area contributed by atoms with Gasteiger partial charge in [-0.3, -0.25) is 15.1 Å². The Morgan fingerprint density at radius 1 is 1.17 bits per heavy atom. The summed E-state index contributed by atoms with van der Waals surface area (Å²) in [6, 6.07) is 8.01. The Morgan fingerprint density at radius 3 is 2.70 bits per heavy atom. The fraction of sp³-hybridized carbons (Fsp3) is 0.0667. The van der Waals surface area contributed by atoms with Crippen LogP contribution in [-0.2, 0) is 0 Å². The van der Waals surface area contributed by atoms with Crippen molar-refractivity contribution >= 4 is 11.4 Å². The van der Waals surface area contributed by atoms with Crippen molar-refractivity contribution in [2.75, 3.05) is 12.4 Å². The molecule has 0 unspecified atom stereocenters. The lowest BCUT2D eigenvalue weighted by Gasteiger charge is -2.08. The van der Waals surface area contributed by atoms with Gasteiger partial charge in [-0.05, 0) is 18.2 Å². The molecule has 8 heteroatoms. The number of nitro groups is 1. The summed E-state index contributed by atoms with van der Waals surface area (Å²) in [6.07, 6.45) is 4.91. The number of nitrogens with one attached hydrogen (secondary N) is 2. The van der Waals surface area contributed by atoms with Gasteiger partial charge >= 0.3 is 0 Å². The van der Waals surface area contributed by atoms with E-state index in [1.807, 2.05) is 0 Å². The summed E-state index contributed by atoms with van der Waals surface area (Å²) in [5.74, 6) is 1.50. The molecule has 0 radical (unpaired) electrons. The summed E-state index contributed by atoms with van der Waals surface area (Å²) in [5, 5.41) is 13.9. The highest BCUT2D eigenvalue weighted by atomic mass is 16.6. The van der Waals surface area contributed by atoms with E-state index in [0.717, 1.165) is 0 Å². The van der Waals surface area contributed by atoms with Crippen LogP contribution in [-0.4, -0.2) is 26.9 Å². The number of imidazole rings is 1. The Morgan fingerprint density at radius 2 is 2.00 bits per heavy atom. The van der Waals surface area contributed by atoms with E-state index in [1.54, 1.807) is 49.9 Å². The zero-order chi connectivity index (χ0) is 16.2. The molecule has 0 spiro atoms. The predicted octanol–water partition coefficient (Wildman–Crippen LogP) is 3.21. The lowest BCUT2D eigenvalue weighted by atomic mass is 10.2. The molecule has 0 fully saturated rings. The molecule has 2 N–H and O–H groups in total. The molecule has 0 saturated heterocycles. The third-order valence-corrected chi connectivity index (χ3v) is 3.14. The minimum absolute atomic E-state index is 0.0506. The molecular weight excluding hydrogens is 298 g/mol. The first kappa shape index (κ1) is 14.5. The normalized spacial score (nSPS) is 10.3. The summed E-state index contributed by atoms with van der Waals surface area (Å²) >= 11 is 0. The van der Waals surface area contributed by atoms with Crippen molar-refractivity contribution in [1.29, 1.82) is 0 Å². The smallest absolute Gasteiger partial charge is 0.296 e. The average molecular weight is 311 g/mol. The van der Waals surface area contributed by atoms with Crippen LogP contribution < -0.4 is 10.1 Å². The van der Waals surface area contributed by atoms with E-state index < -0.39 is 4.92 Å². The molecule has 0 saturated carbocycles. The van der Waals surface area contributed by atoms with Crippen LogP contribution in [0.3, 0.4) is 0 Å². The summed E-state index contributed by atoms with van der Waals surface area (Å²) < 4.78 is 5.69. The summed E-state index contributed by atoms with van der Waals surface area (Å²) in [7, 11) is 1.63. The number of anilines is 1. The van der Waals surface area contributed by atoms with Crippen molar-refractivity contribution in [1.82, 2.24) is 15.0 Å². The van der Waals surface area contributed by atoms with Gasteiger partial charge in [0.05, 0.1) is 11.0 Å². The second-order valence-corrected chi connectivity index (χ2v) is 4.60. The molecule has 0 bridgehead atoms. The summed E-state index contributed by atoms with van der Waals surface area (Å²) in [5.41, 5.74) is 0.993. The van der Waals surface area contributed by atoms with Crippen LogP contribution in [0.2, 0.25) is 0 Å². The van der Waals surface area contributed by atoms with Gasteiger partial charge < -0.3 is 15.0 Å². The number of hydrogen-bond acceptors (Lipinski definition) is 6.